The van der Waals surface area contributed by atoms with Gasteiger partial charge >= 0.3 is 0 Å². The number of rotatable bonds is 1. The summed E-state index contributed by atoms with van der Waals surface area (Å²) in [6, 6.07) is 2.92. The molecule has 0 N–H and O–H groups in total. The highest BCUT2D eigenvalue weighted by atomic mass is 35.5. The fourth-order valence-electron chi connectivity index (χ4n) is 1.03. The molecule has 0 aromatic carbocycles. The van der Waals surface area contributed by atoms with Crippen molar-refractivity contribution in [3.63, 3.8) is 0 Å². The predicted octanol–water partition coefficient (Wildman–Crippen LogP) is 3.97. The minimum Gasteiger partial charge on any atom is -0.240 e. The minimum absolute atomic E-state index is 0.104. The normalized spacial score (nSPS) is 12.2. The van der Waals surface area contributed by atoms with Gasteiger partial charge in [-0.05, 0) is 12.1 Å². The van der Waals surface area contributed by atoms with E-state index in [2.05, 4.69) is 4.98 Å². The molecule has 0 fully saturated rings. The van der Waals surface area contributed by atoms with Gasteiger partial charge in [0.15, 0.2) is 0 Å². The van der Waals surface area contributed by atoms with E-state index in [0.717, 1.165) is 0 Å². The first kappa shape index (κ1) is 11.4. The molecule has 1 aromatic rings. The highest BCUT2D eigenvalue weighted by molar-refractivity contribution is 6.30. The van der Waals surface area contributed by atoms with E-state index in [9.17, 15) is 8.78 Å². The predicted molar refractivity (Wildman–Crippen MR) is 52.9 cm³/mol. The van der Waals surface area contributed by atoms with Crippen LogP contribution < -0.4 is 0 Å². The summed E-state index contributed by atoms with van der Waals surface area (Å²) >= 11 is 5.64. The minimum atomic E-state index is -2.57. The summed E-state index contributed by atoms with van der Waals surface area (Å²) in [6.45, 7) is 5.86. The molecule has 1 rings (SSSR count). The van der Waals surface area contributed by atoms with Crippen LogP contribution in [0.2, 0.25) is 5.15 Å². The van der Waals surface area contributed by atoms with Gasteiger partial charge in [-0.15, -0.1) is 0 Å². The van der Waals surface area contributed by atoms with E-state index in [1.54, 1.807) is 6.07 Å². The monoisotopic (exact) mass is 219 g/mol. The third kappa shape index (κ3) is 2.41. The van der Waals surface area contributed by atoms with Gasteiger partial charge in [0, 0.05) is 11.1 Å². The van der Waals surface area contributed by atoms with Crippen LogP contribution in [-0.4, -0.2) is 4.98 Å². The Bertz CT molecular complexity index is 331. The second kappa shape index (κ2) is 3.81. The van der Waals surface area contributed by atoms with Gasteiger partial charge < -0.3 is 0 Å². The molecule has 0 unspecified atom stereocenters. The van der Waals surface area contributed by atoms with Crippen LogP contribution >= 0.6 is 11.6 Å². The summed E-state index contributed by atoms with van der Waals surface area (Å²) in [5.74, 6) is 0. The Morgan fingerprint density at radius 2 is 1.86 bits per heavy atom. The zero-order chi connectivity index (χ0) is 10.9. The van der Waals surface area contributed by atoms with Crippen LogP contribution in [0.15, 0.2) is 12.1 Å². The van der Waals surface area contributed by atoms with Crippen molar-refractivity contribution in [2.45, 2.75) is 32.6 Å². The molecule has 0 aliphatic heterocycles. The molecule has 1 aromatic heterocycles. The molecule has 0 atom stereocenters. The molecule has 14 heavy (non-hydrogen) atoms. The van der Waals surface area contributed by atoms with E-state index in [1.165, 1.54) is 6.07 Å². The molecule has 0 radical (unpaired) electrons. The Kier molecular flexibility index (Phi) is 3.10. The smallest absolute Gasteiger partial charge is 0.240 e. The number of pyridine rings is 1. The third-order valence-electron chi connectivity index (χ3n) is 1.88. The van der Waals surface area contributed by atoms with E-state index in [-0.39, 0.29) is 16.1 Å². The van der Waals surface area contributed by atoms with Crippen LogP contribution in [0, 0.1) is 0 Å². The van der Waals surface area contributed by atoms with Crippen LogP contribution in [-0.2, 0) is 5.41 Å². The van der Waals surface area contributed by atoms with Crippen LogP contribution in [0.4, 0.5) is 8.78 Å². The molecule has 78 valence electrons. The van der Waals surface area contributed by atoms with E-state index in [0.29, 0.717) is 5.69 Å². The number of nitrogens with zero attached hydrogens (tertiary/aromatic N) is 1. The zero-order valence-corrected chi connectivity index (χ0v) is 9.07. The summed E-state index contributed by atoms with van der Waals surface area (Å²) in [4.78, 5) is 3.95. The molecule has 0 spiro atoms. The van der Waals surface area contributed by atoms with Crippen molar-refractivity contribution in [2.75, 3.05) is 0 Å². The Morgan fingerprint density at radius 3 is 2.21 bits per heavy atom. The van der Waals surface area contributed by atoms with E-state index in [1.807, 2.05) is 20.8 Å². The van der Waals surface area contributed by atoms with E-state index in [4.69, 9.17) is 11.6 Å². The second-order valence-corrected chi connectivity index (χ2v) is 4.49. The summed E-state index contributed by atoms with van der Waals surface area (Å²) in [6.07, 6.45) is -2.57. The Hall–Kier alpha value is -0.700. The van der Waals surface area contributed by atoms with Crippen LogP contribution in [0.1, 0.15) is 38.5 Å². The second-order valence-electron chi connectivity index (χ2n) is 4.13. The summed E-state index contributed by atoms with van der Waals surface area (Å²) in [7, 11) is 0. The summed E-state index contributed by atoms with van der Waals surface area (Å²) < 4.78 is 24.7. The van der Waals surface area contributed by atoms with Crippen LogP contribution in [0.5, 0.6) is 0 Å². The lowest BCUT2D eigenvalue weighted by atomic mass is 9.91. The zero-order valence-electron chi connectivity index (χ0n) is 8.31. The molecular formula is C10H12ClF2N. The van der Waals surface area contributed by atoms with Crippen molar-refractivity contribution >= 4 is 11.6 Å². The number of alkyl halides is 2. The molecule has 0 saturated heterocycles. The van der Waals surface area contributed by atoms with Crippen molar-refractivity contribution in [3.8, 4) is 0 Å². The largest absolute Gasteiger partial charge is 0.266 e. The molecule has 0 saturated carbocycles. The van der Waals surface area contributed by atoms with Gasteiger partial charge in [-0.25, -0.2) is 13.8 Å². The number of aromatic nitrogens is 1. The molecule has 0 aliphatic carbocycles. The van der Waals surface area contributed by atoms with Crippen molar-refractivity contribution in [3.05, 3.63) is 28.5 Å². The van der Waals surface area contributed by atoms with E-state index >= 15 is 0 Å². The first-order chi connectivity index (χ1) is 6.32. The standard InChI is InChI=1S/C10H12ClF2N/c1-10(2,3)7-5-4-6(9(12)13)8(11)14-7/h4-5,9H,1-3H3. The molecule has 0 aliphatic rings. The number of halogens is 3. The van der Waals surface area contributed by atoms with Gasteiger partial charge in [0.25, 0.3) is 6.43 Å². The van der Waals surface area contributed by atoms with Crippen LogP contribution in [0.3, 0.4) is 0 Å². The lowest BCUT2D eigenvalue weighted by Crippen LogP contribution is -2.13. The van der Waals surface area contributed by atoms with Crippen molar-refractivity contribution in [2.24, 2.45) is 0 Å². The Labute approximate surface area is 87.1 Å². The highest BCUT2D eigenvalue weighted by Gasteiger charge is 2.19. The maximum atomic E-state index is 12.3. The molecule has 1 nitrogen and oxygen atoms in total. The number of hydrogen-bond acceptors (Lipinski definition) is 1. The van der Waals surface area contributed by atoms with Gasteiger partial charge in [-0.1, -0.05) is 32.4 Å². The lowest BCUT2D eigenvalue weighted by molar-refractivity contribution is 0.151. The molecule has 0 bridgehead atoms. The maximum Gasteiger partial charge on any atom is 0.266 e. The van der Waals surface area contributed by atoms with E-state index < -0.39 is 6.43 Å². The summed E-state index contributed by atoms with van der Waals surface area (Å²) in [5, 5.41) is -0.104. The first-order valence-electron chi connectivity index (χ1n) is 4.27. The number of hydrogen-bond donors (Lipinski definition) is 0. The van der Waals surface area contributed by atoms with Gasteiger partial charge in [0.1, 0.15) is 5.15 Å². The summed E-state index contributed by atoms with van der Waals surface area (Å²) in [5.41, 5.74) is 0.330. The van der Waals surface area contributed by atoms with Gasteiger partial charge in [0.2, 0.25) is 0 Å². The molecular weight excluding hydrogens is 208 g/mol. The lowest BCUT2D eigenvalue weighted by Gasteiger charge is -2.18. The fourth-order valence-corrected chi connectivity index (χ4v) is 1.26. The fraction of sp³-hybridized carbons (Fsp3) is 0.500. The third-order valence-corrected chi connectivity index (χ3v) is 2.18. The van der Waals surface area contributed by atoms with Crippen molar-refractivity contribution in [1.82, 2.24) is 4.98 Å². The average molecular weight is 220 g/mol. The average Bonchev–Trinajstić information content (AvgIpc) is 2.01. The Morgan fingerprint density at radius 1 is 1.29 bits per heavy atom. The van der Waals surface area contributed by atoms with Gasteiger partial charge in [0.05, 0.1) is 5.56 Å². The Balaban J connectivity index is 3.13. The first-order valence-corrected chi connectivity index (χ1v) is 4.65. The van der Waals surface area contributed by atoms with Gasteiger partial charge in [-0.2, -0.15) is 0 Å². The van der Waals surface area contributed by atoms with Crippen LogP contribution in [0.25, 0.3) is 0 Å². The molecule has 0 amide bonds. The molecule has 4 heteroatoms. The SMILES string of the molecule is CC(C)(C)c1ccc(C(F)F)c(Cl)n1. The van der Waals surface area contributed by atoms with Gasteiger partial charge in [-0.3, -0.25) is 0 Å². The van der Waals surface area contributed by atoms with Crippen molar-refractivity contribution in [1.29, 1.82) is 0 Å². The molecule has 1 heterocycles. The topological polar surface area (TPSA) is 12.9 Å². The highest BCUT2D eigenvalue weighted by Crippen LogP contribution is 2.28. The maximum absolute atomic E-state index is 12.3. The quantitative estimate of drug-likeness (QED) is 0.652. The van der Waals surface area contributed by atoms with Crippen molar-refractivity contribution < 1.29 is 8.78 Å².